The van der Waals surface area contributed by atoms with E-state index in [1.807, 2.05) is 30.3 Å². The van der Waals surface area contributed by atoms with E-state index in [0.29, 0.717) is 31.6 Å². The van der Waals surface area contributed by atoms with E-state index in [1.54, 1.807) is 16.0 Å². The fourth-order valence-corrected chi connectivity index (χ4v) is 5.09. The number of piperidine rings is 1. The van der Waals surface area contributed by atoms with Crippen molar-refractivity contribution in [2.75, 3.05) is 18.4 Å². The number of anilines is 1. The maximum Gasteiger partial charge on any atom is 0.238 e. The summed E-state index contributed by atoms with van der Waals surface area (Å²) in [6.45, 7) is 2.39. The van der Waals surface area contributed by atoms with E-state index in [-0.39, 0.29) is 41.0 Å². The lowest BCUT2D eigenvalue weighted by molar-refractivity contribution is -0.137. The Hall–Kier alpha value is -3.50. The van der Waals surface area contributed by atoms with E-state index < -0.39 is 10.0 Å². The minimum absolute atomic E-state index is 0.0262. The number of carbonyl (C=O) groups is 3. The second-order valence-corrected chi connectivity index (χ2v) is 10.4. The van der Waals surface area contributed by atoms with Crippen LogP contribution in [-0.4, -0.2) is 49.0 Å². The molecule has 2 aromatic carbocycles. The first-order valence-electron chi connectivity index (χ1n) is 11.4. The third-order valence-electron chi connectivity index (χ3n) is 6.51. The van der Waals surface area contributed by atoms with Crippen molar-refractivity contribution in [1.82, 2.24) is 9.80 Å². The number of nitrogens with two attached hydrogens (primary N) is 1. The maximum absolute atomic E-state index is 13.1. The third kappa shape index (κ3) is 5.60. The molecule has 184 valence electrons. The molecular formula is C25H28N4O5S. The molecule has 3 N–H and O–H groups in total. The van der Waals surface area contributed by atoms with Gasteiger partial charge in [-0.2, -0.15) is 0 Å². The summed E-state index contributed by atoms with van der Waals surface area (Å²) in [6, 6.07) is 13.1. The molecule has 4 rings (SSSR count). The number of benzene rings is 2. The molecular weight excluding hydrogens is 468 g/mol. The van der Waals surface area contributed by atoms with Gasteiger partial charge in [0.05, 0.1) is 17.4 Å². The van der Waals surface area contributed by atoms with Gasteiger partial charge in [0.2, 0.25) is 27.7 Å². The van der Waals surface area contributed by atoms with Crippen LogP contribution in [0.15, 0.2) is 59.6 Å². The van der Waals surface area contributed by atoms with Gasteiger partial charge >= 0.3 is 0 Å². The van der Waals surface area contributed by atoms with Gasteiger partial charge in [-0.15, -0.1) is 0 Å². The number of nitrogens with one attached hydrogen (secondary N) is 1. The number of amides is 3. The van der Waals surface area contributed by atoms with Crippen LogP contribution in [0, 0.1) is 5.92 Å². The summed E-state index contributed by atoms with van der Waals surface area (Å²) in [5, 5.41) is 7.90. The second kappa shape index (κ2) is 10.0. The number of nitrogens with zero attached hydrogens (tertiary/aromatic N) is 2. The van der Waals surface area contributed by atoms with Crippen molar-refractivity contribution in [2.45, 2.75) is 37.1 Å². The molecule has 1 fully saturated rings. The van der Waals surface area contributed by atoms with Crippen molar-refractivity contribution in [1.29, 1.82) is 0 Å². The summed E-state index contributed by atoms with van der Waals surface area (Å²) < 4.78 is 22.7. The lowest BCUT2D eigenvalue weighted by atomic mass is 9.92. The molecule has 9 nitrogen and oxygen atoms in total. The molecule has 0 bridgehead atoms. The Balaban J connectivity index is 1.34. The standard InChI is InChI=1S/C25H28N4O5S/c1-17(30)29-15-12-18-4-2-3-5-22(18)23(29)16-24(31)28-13-10-19(11-14-28)25(32)27-20-6-8-21(9-7-20)35(26,33)34/h2-9,12,15,19,23H,10-11,13-14,16H2,1H3,(H,27,32)(H2,26,33,34). The van der Waals surface area contributed by atoms with E-state index in [2.05, 4.69) is 5.32 Å². The number of rotatable bonds is 5. The highest BCUT2D eigenvalue weighted by atomic mass is 32.2. The molecule has 2 aliphatic heterocycles. The zero-order valence-corrected chi connectivity index (χ0v) is 20.2. The van der Waals surface area contributed by atoms with Gasteiger partial charge in [-0.1, -0.05) is 24.3 Å². The van der Waals surface area contributed by atoms with Crippen molar-refractivity contribution < 1.29 is 22.8 Å². The minimum atomic E-state index is -3.79. The Morgan fingerprint density at radius 1 is 1.03 bits per heavy atom. The SMILES string of the molecule is CC(=O)N1C=Cc2ccccc2C1CC(=O)N1CCC(C(=O)Nc2ccc(S(N)(=O)=O)cc2)CC1. The van der Waals surface area contributed by atoms with E-state index in [9.17, 15) is 22.8 Å². The second-order valence-electron chi connectivity index (χ2n) is 8.80. The highest BCUT2D eigenvalue weighted by molar-refractivity contribution is 7.89. The van der Waals surface area contributed by atoms with Gasteiger partial charge in [0, 0.05) is 37.8 Å². The van der Waals surface area contributed by atoms with Crippen LogP contribution in [0.1, 0.15) is 43.4 Å². The van der Waals surface area contributed by atoms with Crippen LogP contribution in [0.4, 0.5) is 5.69 Å². The average molecular weight is 497 g/mol. The van der Waals surface area contributed by atoms with Crippen LogP contribution in [0.3, 0.4) is 0 Å². The molecule has 0 radical (unpaired) electrons. The summed E-state index contributed by atoms with van der Waals surface area (Å²) in [5.41, 5.74) is 2.42. The van der Waals surface area contributed by atoms with E-state index in [1.165, 1.54) is 31.2 Å². The molecule has 10 heteroatoms. The van der Waals surface area contributed by atoms with E-state index >= 15 is 0 Å². The number of hydrogen-bond acceptors (Lipinski definition) is 5. The Bertz CT molecular complexity index is 1270. The summed E-state index contributed by atoms with van der Waals surface area (Å²) in [6.07, 6.45) is 4.82. The normalized spacial score (nSPS) is 18.2. The fraction of sp³-hybridized carbons (Fsp3) is 0.320. The number of sulfonamides is 1. The van der Waals surface area contributed by atoms with Crippen LogP contribution in [0.25, 0.3) is 6.08 Å². The summed E-state index contributed by atoms with van der Waals surface area (Å²) in [7, 11) is -3.79. The Morgan fingerprint density at radius 2 is 1.69 bits per heavy atom. The number of primary sulfonamides is 1. The Kier molecular flexibility index (Phi) is 7.04. The van der Waals surface area contributed by atoms with Gasteiger partial charge in [0.15, 0.2) is 0 Å². The predicted octanol–water partition coefficient (Wildman–Crippen LogP) is 2.48. The van der Waals surface area contributed by atoms with Gasteiger partial charge in [-0.3, -0.25) is 14.4 Å². The minimum Gasteiger partial charge on any atom is -0.343 e. The number of likely N-dealkylation sites (tertiary alicyclic amines) is 1. The quantitative estimate of drug-likeness (QED) is 0.657. The highest BCUT2D eigenvalue weighted by Gasteiger charge is 2.32. The molecule has 2 aliphatic rings. The summed E-state index contributed by atoms with van der Waals surface area (Å²) in [5.74, 6) is -0.608. The first-order chi connectivity index (χ1) is 16.6. The van der Waals surface area contributed by atoms with Crippen LogP contribution in [0.5, 0.6) is 0 Å². The molecule has 1 saturated heterocycles. The summed E-state index contributed by atoms with van der Waals surface area (Å²) in [4.78, 5) is 41.3. The Labute approximate surface area is 204 Å². The van der Waals surface area contributed by atoms with Crippen molar-refractivity contribution in [3.63, 3.8) is 0 Å². The van der Waals surface area contributed by atoms with Crippen molar-refractivity contribution >= 4 is 39.5 Å². The topological polar surface area (TPSA) is 130 Å². The van der Waals surface area contributed by atoms with Crippen LogP contribution in [0.2, 0.25) is 0 Å². The number of fused-ring (bicyclic) bond motifs is 1. The first kappa shape index (κ1) is 24.6. The smallest absolute Gasteiger partial charge is 0.238 e. The zero-order chi connectivity index (χ0) is 25.2. The fourth-order valence-electron chi connectivity index (χ4n) is 4.57. The highest BCUT2D eigenvalue weighted by Crippen LogP contribution is 2.34. The van der Waals surface area contributed by atoms with Gasteiger partial charge in [-0.05, 0) is 54.3 Å². The van der Waals surface area contributed by atoms with Gasteiger partial charge in [0.25, 0.3) is 0 Å². The van der Waals surface area contributed by atoms with Crippen molar-refractivity contribution in [3.05, 3.63) is 65.9 Å². The number of carbonyl (C=O) groups excluding carboxylic acids is 3. The molecule has 1 unspecified atom stereocenters. The molecule has 1 atom stereocenters. The van der Waals surface area contributed by atoms with E-state index in [0.717, 1.165) is 11.1 Å². The molecule has 35 heavy (non-hydrogen) atoms. The zero-order valence-electron chi connectivity index (χ0n) is 19.4. The van der Waals surface area contributed by atoms with Crippen molar-refractivity contribution in [3.8, 4) is 0 Å². The monoisotopic (exact) mass is 496 g/mol. The van der Waals surface area contributed by atoms with Gasteiger partial charge in [0.1, 0.15) is 0 Å². The van der Waals surface area contributed by atoms with Crippen molar-refractivity contribution in [2.24, 2.45) is 11.1 Å². The third-order valence-corrected chi connectivity index (χ3v) is 7.44. The van der Waals surface area contributed by atoms with Gasteiger partial charge < -0.3 is 15.1 Å². The predicted molar refractivity (Wildman–Crippen MR) is 131 cm³/mol. The Morgan fingerprint density at radius 3 is 2.31 bits per heavy atom. The average Bonchev–Trinajstić information content (AvgIpc) is 2.84. The number of hydrogen-bond donors (Lipinski definition) is 2. The van der Waals surface area contributed by atoms with Gasteiger partial charge in [-0.25, -0.2) is 13.6 Å². The first-order valence-corrected chi connectivity index (χ1v) is 13.0. The largest absolute Gasteiger partial charge is 0.343 e. The summed E-state index contributed by atoms with van der Waals surface area (Å²) >= 11 is 0. The molecule has 2 aromatic rings. The molecule has 3 amide bonds. The molecule has 0 aliphatic carbocycles. The van der Waals surface area contributed by atoms with E-state index in [4.69, 9.17) is 5.14 Å². The lowest BCUT2D eigenvalue weighted by Gasteiger charge is -2.36. The molecule has 0 saturated carbocycles. The van der Waals surface area contributed by atoms with Crippen LogP contribution < -0.4 is 10.5 Å². The van der Waals surface area contributed by atoms with Crippen LogP contribution in [-0.2, 0) is 24.4 Å². The van der Waals surface area contributed by atoms with Crippen LogP contribution >= 0.6 is 0 Å². The molecule has 2 heterocycles. The lowest BCUT2D eigenvalue weighted by Crippen LogP contribution is -2.43. The molecule has 0 aromatic heterocycles. The maximum atomic E-state index is 13.1. The molecule has 0 spiro atoms.